The van der Waals surface area contributed by atoms with Crippen LogP contribution in [0.1, 0.15) is 10.8 Å². The Hall–Kier alpha value is -1.47. The molecule has 0 saturated heterocycles. The van der Waals surface area contributed by atoms with E-state index in [1.54, 1.807) is 0 Å². The van der Waals surface area contributed by atoms with Crippen molar-refractivity contribution in [1.82, 2.24) is 0 Å². The number of carbonyl (C=O) groups excluding carboxylic acids is 1. The lowest BCUT2D eigenvalue weighted by Gasteiger charge is -2.12. The third-order valence-electron chi connectivity index (χ3n) is 1.83. The molecule has 0 aliphatic carbocycles. The van der Waals surface area contributed by atoms with E-state index in [9.17, 15) is 4.79 Å². The predicted octanol–water partition coefficient (Wildman–Crippen LogP) is 2.16. The number of carbonyl (C=O) groups is 1. The van der Waals surface area contributed by atoms with Gasteiger partial charge in [0, 0.05) is 0 Å². The average molecular weight is 221 g/mol. The molecule has 0 aromatic heterocycles. The monoisotopic (exact) mass is 221 g/mol. The predicted molar refractivity (Wildman–Crippen MR) is 59.3 cm³/mol. The number of hydrogen-bond donors (Lipinski definition) is 0. The zero-order valence-corrected chi connectivity index (χ0v) is 9.16. The fraction of sp³-hybridized carbons (Fsp3) is 0.273. The van der Waals surface area contributed by atoms with Gasteiger partial charge in [-0.1, -0.05) is 30.3 Å². The second-order valence-electron chi connectivity index (χ2n) is 2.78. The van der Waals surface area contributed by atoms with Crippen molar-refractivity contribution in [3.63, 3.8) is 0 Å². The van der Waals surface area contributed by atoms with E-state index < -0.39 is 5.25 Å². The van der Waals surface area contributed by atoms with Crippen molar-refractivity contribution in [2.45, 2.75) is 5.25 Å². The summed E-state index contributed by atoms with van der Waals surface area (Å²) in [6.45, 7) is 0. The zero-order valence-electron chi connectivity index (χ0n) is 8.34. The molecule has 0 fully saturated rings. The Morgan fingerprint density at radius 3 is 2.73 bits per heavy atom. The second kappa shape index (κ2) is 6.10. The van der Waals surface area contributed by atoms with Crippen LogP contribution < -0.4 is 0 Å². The van der Waals surface area contributed by atoms with Crippen LogP contribution >= 0.6 is 11.8 Å². The number of ether oxygens (including phenoxy) is 1. The number of rotatable bonds is 4. The first-order chi connectivity index (χ1) is 7.29. The molecular formula is C11H11NO2S. The van der Waals surface area contributed by atoms with E-state index in [-0.39, 0.29) is 11.7 Å². The van der Waals surface area contributed by atoms with Crippen molar-refractivity contribution in [2.75, 3.05) is 12.9 Å². The first kappa shape index (κ1) is 11.6. The molecule has 1 unspecified atom stereocenters. The molecule has 3 nitrogen and oxygen atoms in total. The topological polar surface area (TPSA) is 50.1 Å². The van der Waals surface area contributed by atoms with Gasteiger partial charge >= 0.3 is 5.97 Å². The summed E-state index contributed by atoms with van der Waals surface area (Å²) in [6.07, 6.45) is 0. The van der Waals surface area contributed by atoms with Crippen molar-refractivity contribution in [3.05, 3.63) is 35.9 Å². The summed E-state index contributed by atoms with van der Waals surface area (Å²) < 4.78 is 4.69. The molecule has 78 valence electrons. The van der Waals surface area contributed by atoms with Gasteiger partial charge in [-0.2, -0.15) is 5.26 Å². The normalized spacial score (nSPS) is 11.5. The van der Waals surface area contributed by atoms with Crippen molar-refractivity contribution in [1.29, 1.82) is 5.26 Å². The first-order valence-electron chi connectivity index (χ1n) is 4.41. The van der Waals surface area contributed by atoms with E-state index in [1.807, 2.05) is 36.4 Å². The van der Waals surface area contributed by atoms with Crippen LogP contribution in [0.15, 0.2) is 30.3 Å². The van der Waals surface area contributed by atoms with Crippen LogP contribution in [0.5, 0.6) is 0 Å². The maximum absolute atomic E-state index is 11.5. The minimum atomic E-state index is -0.407. The fourth-order valence-electron chi connectivity index (χ4n) is 1.16. The lowest BCUT2D eigenvalue weighted by Crippen LogP contribution is -2.11. The minimum absolute atomic E-state index is 0.272. The number of hydrogen-bond acceptors (Lipinski definition) is 4. The van der Waals surface area contributed by atoms with Gasteiger partial charge in [-0.05, 0) is 5.56 Å². The van der Waals surface area contributed by atoms with Crippen LogP contribution in [-0.2, 0) is 9.53 Å². The Morgan fingerprint density at radius 2 is 2.20 bits per heavy atom. The van der Waals surface area contributed by atoms with E-state index in [2.05, 4.69) is 0 Å². The van der Waals surface area contributed by atoms with Gasteiger partial charge in [0.25, 0.3) is 0 Å². The van der Waals surface area contributed by atoms with E-state index in [0.717, 1.165) is 5.56 Å². The van der Waals surface area contributed by atoms with Crippen molar-refractivity contribution in [2.24, 2.45) is 0 Å². The van der Waals surface area contributed by atoms with Gasteiger partial charge in [-0.3, -0.25) is 4.79 Å². The molecule has 1 aromatic rings. The van der Waals surface area contributed by atoms with Gasteiger partial charge in [0.05, 0.1) is 18.9 Å². The van der Waals surface area contributed by atoms with E-state index in [1.165, 1.54) is 18.9 Å². The third-order valence-corrected chi connectivity index (χ3v) is 2.93. The molecule has 0 heterocycles. The number of thioether (sulfide) groups is 1. The number of nitrogens with zero attached hydrogens (tertiary/aromatic N) is 1. The summed E-state index contributed by atoms with van der Waals surface area (Å²) in [7, 11) is 1.35. The largest absolute Gasteiger partial charge is 0.468 e. The quantitative estimate of drug-likeness (QED) is 0.731. The molecule has 1 rings (SSSR count). The smallest absolute Gasteiger partial charge is 0.323 e. The molecule has 1 aromatic carbocycles. The molecule has 0 aliphatic rings. The summed E-state index contributed by atoms with van der Waals surface area (Å²) in [6, 6.07) is 11.3. The Labute approximate surface area is 93.0 Å². The van der Waals surface area contributed by atoms with Gasteiger partial charge < -0.3 is 4.74 Å². The molecule has 1 atom stereocenters. The highest BCUT2D eigenvalue weighted by Gasteiger charge is 2.21. The molecule has 0 amide bonds. The van der Waals surface area contributed by atoms with Gasteiger partial charge in [0.15, 0.2) is 0 Å². The second-order valence-corrected chi connectivity index (χ2v) is 3.88. The Kier molecular flexibility index (Phi) is 4.72. The summed E-state index contributed by atoms with van der Waals surface area (Å²) >= 11 is 1.27. The van der Waals surface area contributed by atoms with Crippen molar-refractivity contribution < 1.29 is 9.53 Å². The number of methoxy groups -OCH3 is 1. The highest BCUT2D eigenvalue weighted by molar-refractivity contribution is 8.00. The molecule has 0 aliphatic heterocycles. The molecule has 0 bridgehead atoms. The Bertz CT molecular complexity index is 359. The van der Waals surface area contributed by atoms with E-state index in [0.29, 0.717) is 0 Å². The van der Waals surface area contributed by atoms with Crippen molar-refractivity contribution in [3.8, 4) is 6.07 Å². The van der Waals surface area contributed by atoms with Gasteiger partial charge in [0.1, 0.15) is 5.25 Å². The van der Waals surface area contributed by atoms with Crippen LogP contribution in [0.2, 0.25) is 0 Å². The zero-order chi connectivity index (χ0) is 11.1. The van der Waals surface area contributed by atoms with Crippen LogP contribution in [0, 0.1) is 11.3 Å². The van der Waals surface area contributed by atoms with Crippen LogP contribution in [0.3, 0.4) is 0 Å². The van der Waals surface area contributed by atoms with Gasteiger partial charge in [-0.15, -0.1) is 11.8 Å². The van der Waals surface area contributed by atoms with Crippen molar-refractivity contribution >= 4 is 17.7 Å². The fourth-order valence-corrected chi connectivity index (χ4v) is 1.98. The molecular weight excluding hydrogens is 210 g/mol. The summed E-state index contributed by atoms with van der Waals surface area (Å²) in [5.74, 6) is -0.0456. The highest BCUT2D eigenvalue weighted by Crippen LogP contribution is 2.29. The first-order valence-corrected chi connectivity index (χ1v) is 5.45. The number of esters is 1. The van der Waals surface area contributed by atoms with E-state index in [4.69, 9.17) is 10.00 Å². The van der Waals surface area contributed by atoms with Crippen LogP contribution in [0.4, 0.5) is 0 Å². The molecule has 0 N–H and O–H groups in total. The van der Waals surface area contributed by atoms with Crippen LogP contribution in [-0.4, -0.2) is 18.8 Å². The summed E-state index contributed by atoms with van der Waals surface area (Å²) in [5, 5.41) is 8.09. The molecule has 0 radical (unpaired) electrons. The Balaban J connectivity index is 2.82. The Morgan fingerprint density at radius 1 is 1.53 bits per heavy atom. The lowest BCUT2D eigenvalue weighted by molar-refractivity contribution is -0.140. The minimum Gasteiger partial charge on any atom is -0.468 e. The SMILES string of the molecule is COC(=O)C(SCC#N)c1ccccc1. The summed E-state index contributed by atoms with van der Waals surface area (Å²) in [5.41, 5.74) is 0.865. The van der Waals surface area contributed by atoms with Gasteiger partial charge in [0.2, 0.25) is 0 Å². The highest BCUT2D eigenvalue weighted by atomic mass is 32.2. The standard InChI is InChI=1S/C11H11NO2S/c1-14-11(13)10(15-8-7-12)9-5-3-2-4-6-9/h2-6,10H,8H2,1H3. The van der Waals surface area contributed by atoms with Gasteiger partial charge in [-0.25, -0.2) is 0 Å². The number of nitriles is 1. The lowest BCUT2D eigenvalue weighted by atomic mass is 10.1. The van der Waals surface area contributed by atoms with Crippen LogP contribution in [0.25, 0.3) is 0 Å². The molecule has 0 saturated carbocycles. The average Bonchev–Trinajstić information content (AvgIpc) is 2.30. The maximum atomic E-state index is 11.5. The molecule has 0 spiro atoms. The molecule has 4 heteroatoms. The molecule has 15 heavy (non-hydrogen) atoms. The number of benzene rings is 1. The van der Waals surface area contributed by atoms with E-state index >= 15 is 0 Å². The summed E-state index contributed by atoms with van der Waals surface area (Å²) in [4.78, 5) is 11.5. The third kappa shape index (κ3) is 3.30. The maximum Gasteiger partial charge on any atom is 0.323 e.